The Morgan fingerprint density at radius 2 is 2.10 bits per heavy atom. The van der Waals surface area contributed by atoms with Crippen LogP contribution in [-0.4, -0.2) is 36.3 Å². The Morgan fingerprint density at radius 1 is 1.27 bits per heavy atom. The van der Waals surface area contributed by atoms with Crippen LogP contribution in [0.25, 0.3) is 0 Å². The van der Waals surface area contributed by atoms with E-state index in [1.54, 1.807) is 6.20 Å². The minimum Gasteiger partial charge on any atom is -0.493 e. The normalized spacial score (nSPS) is 15.1. The summed E-state index contributed by atoms with van der Waals surface area (Å²) in [5, 5.41) is 13.3. The minimum absolute atomic E-state index is 0.209. The summed E-state index contributed by atoms with van der Waals surface area (Å²) in [7, 11) is 1.99. The Hall–Kier alpha value is -3.25. The Kier molecular flexibility index (Phi) is 5.77. The highest BCUT2D eigenvalue weighted by Crippen LogP contribution is 2.38. The molecule has 0 amide bonds. The summed E-state index contributed by atoms with van der Waals surface area (Å²) in [5.41, 5.74) is 3.85. The van der Waals surface area contributed by atoms with Gasteiger partial charge in [0.2, 0.25) is 0 Å². The van der Waals surface area contributed by atoms with Gasteiger partial charge in [-0.1, -0.05) is 23.7 Å². The van der Waals surface area contributed by atoms with Gasteiger partial charge in [-0.25, -0.2) is 4.79 Å². The zero-order chi connectivity index (χ0) is 21.1. The van der Waals surface area contributed by atoms with E-state index in [0.717, 1.165) is 29.1 Å². The lowest BCUT2D eigenvalue weighted by molar-refractivity contribution is 0.0697. The molecule has 0 unspecified atom stereocenters. The van der Waals surface area contributed by atoms with Crippen molar-refractivity contribution in [1.29, 1.82) is 0 Å². The largest absolute Gasteiger partial charge is 0.493 e. The standard InChI is InChI=1S/C23H22ClN3O3/c1-27(17-4-2-3-16(24)11-17)18-5-6-19-15(8-10-30-22(19)12-18)13-26-21-14-25-9-7-20(21)23(28)29/h2-7,9,11-12,14-15,26H,8,10,13H2,1H3,(H,28,29)/t15-/m0/s1. The molecule has 1 atom stereocenters. The number of carbonyl (C=O) groups is 1. The predicted molar refractivity (Wildman–Crippen MR) is 118 cm³/mol. The van der Waals surface area contributed by atoms with Crippen LogP contribution >= 0.6 is 11.6 Å². The SMILES string of the molecule is CN(c1cccc(Cl)c1)c1ccc2c(c1)OCC[C@H]2CNc1cnccc1C(=O)O. The number of carboxylic acids is 1. The number of hydrogen-bond donors (Lipinski definition) is 2. The van der Waals surface area contributed by atoms with Gasteiger partial charge in [-0.15, -0.1) is 0 Å². The first-order valence-corrected chi connectivity index (χ1v) is 10.1. The average Bonchev–Trinajstić information content (AvgIpc) is 2.76. The van der Waals surface area contributed by atoms with E-state index in [4.69, 9.17) is 16.3 Å². The monoisotopic (exact) mass is 423 g/mol. The van der Waals surface area contributed by atoms with Crippen molar-refractivity contribution in [3.05, 3.63) is 77.1 Å². The molecule has 2 N–H and O–H groups in total. The van der Waals surface area contributed by atoms with Crippen LogP contribution in [0.5, 0.6) is 5.75 Å². The number of nitrogens with one attached hydrogen (secondary N) is 1. The number of rotatable bonds is 6. The first-order chi connectivity index (χ1) is 14.5. The molecule has 30 heavy (non-hydrogen) atoms. The van der Waals surface area contributed by atoms with Crippen LogP contribution < -0.4 is 15.0 Å². The van der Waals surface area contributed by atoms with E-state index in [-0.39, 0.29) is 11.5 Å². The molecule has 1 aromatic heterocycles. The molecule has 1 aliphatic rings. The van der Waals surface area contributed by atoms with Gasteiger partial charge in [0.25, 0.3) is 0 Å². The summed E-state index contributed by atoms with van der Waals surface area (Å²) in [4.78, 5) is 17.5. The van der Waals surface area contributed by atoms with E-state index >= 15 is 0 Å². The van der Waals surface area contributed by atoms with Crippen molar-refractivity contribution in [2.24, 2.45) is 0 Å². The Morgan fingerprint density at radius 3 is 2.90 bits per heavy atom. The average molecular weight is 424 g/mol. The second-order valence-electron chi connectivity index (χ2n) is 7.20. The minimum atomic E-state index is -0.971. The maximum absolute atomic E-state index is 11.4. The number of benzene rings is 2. The molecule has 0 saturated carbocycles. The number of pyridine rings is 1. The molecule has 0 saturated heterocycles. The van der Waals surface area contributed by atoms with Gasteiger partial charge < -0.3 is 20.1 Å². The van der Waals surface area contributed by atoms with Crippen LogP contribution in [0.1, 0.15) is 28.3 Å². The van der Waals surface area contributed by atoms with Crippen LogP contribution in [-0.2, 0) is 0 Å². The molecule has 4 rings (SSSR count). The lowest BCUT2D eigenvalue weighted by atomic mass is 9.92. The maximum atomic E-state index is 11.4. The summed E-state index contributed by atoms with van der Waals surface area (Å²) in [6.45, 7) is 1.22. The molecule has 0 spiro atoms. The fraction of sp³-hybridized carbons (Fsp3) is 0.217. The van der Waals surface area contributed by atoms with Gasteiger partial charge in [-0.05, 0) is 42.3 Å². The van der Waals surface area contributed by atoms with Gasteiger partial charge in [-0.2, -0.15) is 0 Å². The van der Waals surface area contributed by atoms with Gasteiger partial charge in [-0.3, -0.25) is 4.98 Å². The zero-order valence-corrected chi connectivity index (χ0v) is 17.3. The molecule has 7 heteroatoms. The molecule has 0 radical (unpaired) electrons. The maximum Gasteiger partial charge on any atom is 0.337 e. The van der Waals surface area contributed by atoms with Crippen LogP contribution in [0.3, 0.4) is 0 Å². The third kappa shape index (κ3) is 4.19. The topological polar surface area (TPSA) is 74.7 Å². The van der Waals surface area contributed by atoms with Crippen molar-refractivity contribution in [2.45, 2.75) is 12.3 Å². The third-order valence-electron chi connectivity index (χ3n) is 5.33. The summed E-state index contributed by atoms with van der Waals surface area (Å²) >= 11 is 6.13. The molecule has 154 valence electrons. The van der Waals surface area contributed by atoms with Crippen molar-refractivity contribution >= 4 is 34.6 Å². The molecule has 1 aliphatic heterocycles. The highest BCUT2D eigenvalue weighted by Gasteiger charge is 2.23. The molecule has 2 heterocycles. The molecule has 0 aliphatic carbocycles. The summed E-state index contributed by atoms with van der Waals surface area (Å²) in [6.07, 6.45) is 3.88. The van der Waals surface area contributed by atoms with Crippen molar-refractivity contribution < 1.29 is 14.6 Å². The first kappa shape index (κ1) is 20.0. The number of nitrogens with zero attached hydrogens (tertiary/aromatic N) is 2. The number of ether oxygens (including phenoxy) is 1. The van der Waals surface area contributed by atoms with Crippen LogP contribution in [0.4, 0.5) is 17.1 Å². The van der Waals surface area contributed by atoms with Gasteiger partial charge in [0.05, 0.1) is 24.1 Å². The highest BCUT2D eigenvalue weighted by atomic mass is 35.5. The second-order valence-corrected chi connectivity index (χ2v) is 7.64. The Balaban J connectivity index is 1.53. The van der Waals surface area contributed by atoms with Crippen molar-refractivity contribution in [2.75, 3.05) is 30.4 Å². The van der Waals surface area contributed by atoms with Gasteiger partial charge in [0.15, 0.2) is 0 Å². The van der Waals surface area contributed by atoms with E-state index in [1.807, 2.05) is 37.4 Å². The zero-order valence-electron chi connectivity index (χ0n) is 16.5. The lowest BCUT2D eigenvalue weighted by Crippen LogP contribution is -2.22. The Labute approximate surface area is 180 Å². The number of carboxylic acid groups (broad SMARTS) is 1. The summed E-state index contributed by atoms with van der Waals surface area (Å²) in [5.74, 6) is 0.0890. The van der Waals surface area contributed by atoms with E-state index in [2.05, 4.69) is 27.3 Å². The number of aromatic nitrogens is 1. The number of aromatic carboxylic acids is 1. The van der Waals surface area contributed by atoms with E-state index in [0.29, 0.717) is 23.9 Å². The first-order valence-electron chi connectivity index (χ1n) is 9.70. The number of anilines is 3. The van der Waals surface area contributed by atoms with E-state index in [9.17, 15) is 9.90 Å². The van der Waals surface area contributed by atoms with Crippen LogP contribution in [0.15, 0.2) is 60.9 Å². The molecular formula is C23H22ClN3O3. The molecule has 3 aromatic rings. The quantitative estimate of drug-likeness (QED) is 0.569. The molecule has 0 fully saturated rings. The molecule has 2 aromatic carbocycles. The number of fused-ring (bicyclic) bond motifs is 1. The van der Waals surface area contributed by atoms with E-state index < -0.39 is 5.97 Å². The van der Waals surface area contributed by atoms with Crippen molar-refractivity contribution in [3.8, 4) is 5.75 Å². The molecule has 0 bridgehead atoms. The smallest absolute Gasteiger partial charge is 0.337 e. The second kappa shape index (κ2) is 8.63. The van der Waals surface area contributed by atoms with Crippen LogP contribution in [0.2, 0.25) is 5.02 Å². The van der Waals surface area contributed by atoms with Gasteiger partial charge >= 0.3 is 5.97 Å². The fourth-order valence-corrected chi connectivity index (χ4v) is 3.85. The van der Waals surface area contributed by atoms with Crippen LogP contribution in [0, 0.1) is 0 Å². The summed E-state index contributed by atoms with van der Waals surface area (Å²) in [6, 6.07) is 15.4. The number of halogens is 1. The van der Waals surface area contributed by atoms with Crippen molar-refractivity contribution in [3.63, 3.8) is 0 Å². The Bertz CT molecular complexity index is 1070. The summed E-state index contributed by atoms with van der Waals surface area (Å²) < 4.78 is 5.93. The number of hydrogen-bond acceptors (Lipinski definition) is 5. The lowest BCUT2D eigenvalue weighted by Gasteiger charge is -2.28. The molecule has 6 nitrogen and oxygen atoms in total. The van der Waals surface area contributed by atoms with Gasteiger partial charge in [0.1, 0.15) is 5.75 Å². The van der Waals surface area contributed by atoms with Gasteiger partial charge in [0, 0.05) is 48.2 Å². The van der Waals surface area contributed by atoms with E-state index in [1.165, 1.54) is 12.3 Å². The third-order valence-corrected chi connectivity index (χ3v) is 5.57. The molecular weight excluding hydrogens is 402 g/mol. The highest BCUT2D eigenvalue weighted by molar-refractivity contribution is 6.30. The fourth-order valence-electron chi connectivity index (χ4n) is 3.66. The predicted octanol–water partition coefficient (Wildman–Crippen LogP) is 5.18. The van der Waals surface area contributed by atoms with Crippen molar-refractivity contribution in [1.82, 2.24) is 4.98 Å².